The highest BCUT2D eigenvalue weighted by atomic mass is 35.5. The molecule has 0 heterocycles. The van der Waals surface area contributed by atoms with E-state index >= 15 is 0 Å². The summed E-state index contributed by atoms with van der Waals surface area (Å²) in [6, 6.07) is 9.78. The molecule has 0 bridgehead atoms. The van der Waals surface area contributed by atoms with Crippen molar-refractivity contribution in [2.24, 2.45) is 5.41 Å². The number of halogens is 1. The third-order valence-electron chi connectivity index (χ3n) is 3.14. The Morgan fingerprint density at radius 3 is 2.62 bits per heavy atom. The van der Waals surface area contributed by atoms with E-state index in [-0.39, 0.29) is 5.41 Å². The van der Waals surface area contributed by atoms with E-state index in [1.165, 1.54) is 0 Å². The molecular weight excluding hydrogens is 222 g/mol. The van der Waals surface area contributed by atoms with Crippen LogP contribution in [0, 0.1) is 16.7 Å². The van der Waals surface area contributed by atoms with Crippen molar-refractivity contribution in [1.82, 2.24) is 0 Å². The summed E-state index contributed by atoms with van der Waals surface area (Å²) in [5, 5.41) is 9.81. The molecule has 0 aliphatic heterocycles. The van der Waals surface area contributed by atoms with Gasteiger partial charge in [-0.2, -0.15) is 5.26 Å². The minimum atomic E-state index is -0.292. The van der Waals surface area contributed by atoms with Crippen LogP contribution in [-0.2, 0) is 0 Å². The lowest BCUT2D eigenvalue weighted by Crippen LogP contribution is -2.23. The van der Waals surface area contributed by atoms with Gasteiger partial charge in [0.25, 0.3) is 0 Å². The molecule has 1 saturated carbocycles. The summed E-state index contributed by atoms with van der Waals surface area (Å²) in [6.07, 6.45) is 4.13. The summed E-state index contributed by atoms with van der Waals surface area (Å²) >= 11 is 5.99. The molecule has 2 nitrogen and oxygen atoms in total. The molecule has 0 saturated heterocycles. The molecule has 84 valence electrons. The lowest BCUT2D eigenvalue weighted by Gasteiger charge is -2.20. The summed E-state index contributed by atoms with van der Waals surface area (Å²) in [7, 11) is 0. The van der Waals surface area contributed by atoms with E-state index < -0.39 is 0 Å². The van der Waals surface area contributed by atoms with Crippen molar-refractivity contribution in [2.75, 3.05) is 6.61 Å². The van der Waals surface area contributed by atoms with E-state index in [1.807, 2.05) is 18.2 Å². The first-order valence-corrected chi connectivity index (χ1v) is 5.92. The maximum absolute atomic E-state index is 9.20. The Kier molecular flexibility index (Phi) is 3.36. The van der Waals surface area contributed by atoms with Crippen LogP contribution in [0.3, 0.4) is 0 Å². The van der Waals surface area contributed by atoms with Gasteiger partial charge in [0, 0.05) is 0 Å². The van der Waals surface area contributed by atoms with Crippen molar-refractivity contribution in [3.63, 3.8) is 0 Å². The highest BCUT2D eigenvalue weighted by molar-refractivity contribution is 6.32. The quantitative estimate of drug-likeness (QED) is 0.798. The first-order chi connectivity index (χ1) is 7.76. The summed E-state index contributed by atoms with van der Waals surface area (Å²) in [4.78, 5) is 0. The molecule has 0 N–H and O–H groups in total. The molecule has 3 heteroatoms. The van der Waals surface area contributed by atoms with Gasteiger partial charge in [0.2, 0.25) is 0 Å². The SMILES string of the molecule is N#CC1(COc2ccccc2Cl)CCCC1. The van der Waals surface area contributed by atoms with Crippen LogP contribution in [0.1, 0.15) is 25.7 Å². The lowest BCUT2D eigenvalue weighted by molar-refractivity contribution is 0.201. The molecule has 0 radical (unpaired) electrons. The van der Waals surface area contributed by atoms with E-state index in [2.05, 4.69) is 6.07 Å². The van der Waals surface area contributed by atoms with Crippen LogP contribution in [0.5, 0.6) is 5.75 Å². The van der Waals surface area contributed by atoms with Gasteiger partial charge < -0.3 is 4.74 Å². The summed E-state index contributed by atoms with van der Waals surface area (Å²) < 4.78 is 5.66. The van der Waals surface area contributed by atoms with E-state index in [0.717, 1.165) is 25.7 Å². The molecule has 1 aliphatic carbocycles. The van der Waals surface area contributed by atoms with Gasteiger partial charge in [0.1, 0.15) is 12.4 Å². The average Bonchev–Trinajstić information content (AvgIpc) is 2.78. The number of benzene rings is 1. The lowest BCUT2D eigenvalue weighted by atomic mass is 9.89. The van der Waals surface area contributed by atoms with Crippen molar-refractivity contribution >= 4 is 11.6 Å². The van der Waals surface area contributed by atoms with Gasteiger partial charge in [-0.3, -0.25) is 0 Å². The van der Waals surface area contributed by atoms with Gasteiger partial charge in [0.15, 0.2) is 0 Å². The Hall–Kier alpha value is -1.20. The Morgan fingerprint density at radius 1 is 1.31 bits per heavy atom. The number of nitriles is 1. The van der Waals surface area contributed by atoms with E-state index in [1.54, 1.807) is 6.07 Å². The first kappa shape index (κ1) is 11.3. The third-order valence-corrected chi connectivity index (χ3v) is 3.45. The van der Waals surface area contributed by atoms with Gasteiger partial charge >= 0.3 is 0 Å². The molecule has 0 atom stereocenters. The second kappa shape index (κ2) is 4.76. The van der Waals surface area contributed by atoms with Crippen LogP contribution in [0.15, 0.2) is 24.3 Å². The van der Waals surface area contributed by atoms with E-state index in [0.29, 0.717) is 17.4 Å². The summed E-state index contributed by atoms with van der Waals surface area (Å²) in [5.74, 6) is 0.672. The van der Waals surface area contributed by atoms with Crippen molar-refractivity contribution < 1.29 is 4.74 Å². The van der Waals surface area contributed by atoms with Gasteiger partial charge in [-0.25, -0.2) is 0 Å². The Bertz CT molecular complexity index is 405. The number of ether oxygens (including phenoxy) is 1. The minimum absolute atomic E-state index is 0.292. The molecule has 1 fully saturated rings. The predicted molar refractivity (Wildman–Crippen MR) is 63.5 cm³/mol. The molecule has 1 aromatic rings. The largest absolute Gasteiger partial charge is 0.490 e. The number of hydrogen-bond acceptors (Lipinski definition) is 2. The van der Waals surface area contributed by atoms with Crippen LogP contribution >= 0.6 is 11.6 Å². The van der Waals surface area contributed by atoms with Gasteiger partial charge in [-0.05, 0) is 25.0 Å². The topological polar surface area (TPSA) is 33.0 Å². The monoisotopic (exact) mass is 235 g/mol. The molecule has 16 heavy (non-hydrogen) atoms. The maximum atomic E-state index is 9.20. The summed E-state index contributed by atoms with van der Waals surface area (Å²) in [5.41, 5.74) is -0.292. The third kappa shape index (κ3) is 2.31. The second-order valence-electron chi connectivity index (χ2n) is 4.32. The number of para-hydroxylation sites is 1. The molecule has 0 aromatic heterocycles. The number of nitrogens with zero attached hydrogens (tertiary/aromatic N) is 1. The van der Waals surface area contributed by atoms with Crippen molar-refractivity contribution in [2.45, 2.75) is 25.7 Å². The molecule has 1 aliphatic rings. The maximum Gasteiger partial charge on any atom is 0.137 e. The van der Waals surface area contributed by atoms with Gasteiger partial charge in [0.05, 0.1) is 16.5 Å². The zero-order chi connectivity index (χ0) is 11.4. The molecule has 0 unspecified atom stereocenters. The highest BCUT2D eigenvalue weighted by Crippen LogP contribution is 2.38. The Labute approximate surface area is 101 Å². The minimum Gasteiger partial charge on any atom is -0.490 e. The zero-order valence-electron chi connectivity index (χ0n) is 9.08. The highest BCUT2D eigenvalue weighted by Gasteiger charge is 2.34. The zero-order valence-corrected chi connectivity index (χ0v) is 9.83. The van der Waals surface area contributed by atoms with Gasteiger partial charge in [-0.15, -0.1) is 0 Å². The molecular formula is C13H14ClNO. The molecule has 1 aromatic carbocycles. The van der Waals surface area contributed by atoms with Crippen LogP contribution in [0.25, 0.3) is 0 Å². The van der Waals surface area contributed by atoms with Crippen molar-refractivity contribution in [3.05, 3.63) is 29.3 Å². The average molecular weight is 236 g/mol. The Balaban J connectivity index is 2.02. The van der Waals surface area contributed by atoms with Crippen molar-refractivity contribution in [3.8, 4) is 11.8 Å². The van der Waals surface area contributed by atoms with E-state index in [4.69, 9.17) is 16.3 Å². The van der Waals surface area contributed by atoms with Crippen LogP contribution in [-0.4, -0.2) is 6.61 Å². The fourth-order valence-corrected chi connectivity index (χ4v) is 2.31. The van der Waals surface area contributed by atoms with Crippen LogP contribution in [0.2, 0.25) is 5.02 Å². The standard InChI is InChI=1S/C13H14ClNO/c14-11-5-1-2-6-12(11)16-10-13(9-15)7-3-4-8-13/h1-2,5-6H,3-4,7-8,10H2. The first-order valence-electron chi connectivity index (χ1n) is 5.54. The number of hydrogen-bond donors (Lipinski definition) is 0. The van der Waals surface area contributed by atoms with E-state index in [9.17, 15) is 5.26 Å². The van der Waals surface area contributed by atoms with Crippen molar-refractivity contribution in [1.29, 1.82) is 5.26 Å². The normalized spacial score (nSPS) is 18.0. The van der Waals surface area contributed by atoms with Crippen LogP contribution in [0.4, 0.5) is 0 Å². The smallest absolute Gasteiger partial charge is 0.137 e. The molecule has 0 spiro atoms. The number of rotatable bonds is 3. The van der Waals surface area contributed by atoms with Crippen LogP contribution < -0.4 is 4.74 Å². The second-order valence-corrected chi connectivity index (χ2v) is 4.73. The fourth-order valence-electron chi connectivity index (χ4n) is 2.12. The molecule has 0 amide bonds. The van der Waals surface area contributed by atoms with Gasteiger partial charge in [-0.1, -0.05) is 36.6 Å². The summed E-state index contributed by atoms with van der Waals surface area (Å²) in [6.45, 7) is 0.452. The fraction of sp³-hybridized carbons (Fsp3) is 0.462. The predicted octanol–water partition coefficient (Wildman–Crippen LogP) is 3.80. The Morgan fingerprint density at radius 2 is 2.00 bits per heavy atom. The molecule has 2 rings (SSSR count).